The average Bonchev–Trinajstić information content (AvgIpc) is 3.00. The minimum atomic E-state index is -0.976. The molecular formula is C13H11N3O3S. The molecule has 0 atom stereocenters. The van der Waals surface area contributed by atoms with Crippen molar-refractivity contribution >= 4 is 23.4 Å². The highest BCUT2D eigenvalue weighted by atomic mass is 32.2. The number of aromatic carboxylic acids is 1. The van der Waals surface area contributed by atoms with E-state index >= 15 is 0 Å². The van der Waals surface area contributed by atoms with Gasteiger partial charge in [-0.05, 0) is 25.1 Å². The summed E-state index contributed by atoms with van der Waals surface area (Å²) in [5.74, 6) is 0.552. The Morgan fingerprint density at radius 2 is 2.30 bits per heavy atom. The van der Waals surface area contributed by atoms with E-state index in [-0.39, 0.29) is 5.56 Å². The zero-order chi connectivity index (χ0) is 14.1. The Hall–Kier alpha value is -2.28. The van der Waals surface area contributed by atoms with Crippen molar-refractivity contribution in [1.29, 1.82) is 0 Å². The van der Waals surface area contributed by atoms with Crippen LogP contribution in [0.5, 0.6) is 0 Å². The van der Waals surface area contributed by atoms with E-state index in [4.69, 9.17) is 9.52 Å². The van der Waals surface area contributed by atoms with E-state index in [1.165, 1.54) is 11.8 Å². The first-order valence-corrected chi connectivity index (χ1v) is 6.89. The number of aromatic nitrogens is 3. The molecule has 7 heteroatoms. The molecule has 0 fully saturated rings. The Kier molecular flexibility index (Phi) is 3.19. The largest absolute Gasteiger partial charge is 0.478 e. The van der Waals surface area contributed by atoms with Crippen LogP contribution in [-0.4, -0.2) is 25.7 Å². The van der Waals surface area contributed by atoms with Crippen LogP contribution in [0.3, 0.4) is 0 Å². The molecule has 6 nitrogen and oxygen atoms in total. The second-order valence-electron chi connectivity index (χ2n) is 4.19. The Balaban J connectivity index is 1.79. The van der Waals surface area contributed by atoms with E-state index in [9.17, 15) is 4.79 Å². The van der Waals surface area contributed by atoms with Gasteiger partial charge in [0.25, 0.3) is 0 Å². The lowest BCUT2D eigenvalue weighted by Crippen LogP contribution is -1.94. The topological polar surface area (TPSA) is 80.6 Å². The Bertz CT molecular complexity index is 778. The first-order valence-electron chi connectivity index (χ1n) is 5.90. The molecule has 0 radical (unpaired) electrons. The third-order valence-electron chi connectivity index (χ3n) is 2.83. The van der Waals surface area contributed by atoms with Crippen LogP contribution in [0.2, 0.25) is 0 Å². The van der Waals surface area contributed by atoms with Crippen molar-refractivity contribution in [3.8, 4) is 0 Å². The van der Waals surface area contributed by atoms with Crippen LogP contribution in [0.25, 0.3) is 5.65 Å². The summed E-state index contributed by atoms with van der Waals surface area (Å²) in [6, 6.07) is 7.22. The van der Waals surface area contributed by atoms with Crippen LogP contribution in [0.15, 0.2) is 40.0 Å². The molecule has 3 aromatic heterocycles. The molecule has 0 aromatic carbocycles. The third-order valence-corrected chi connectivity index (χ3v) is 3.79. The van der Waals surface area contributed by atoms with Gasteiger partial charge in [0.1, 0.15) is 17.1 Å². The molecule has 102 valence electrons. The maximum Gasteiger partial charge on any atom is 0.339 e. The number of hydrogen-bond acceptors (Lipinski definition) is 5. The van der Waals surface area contributed by atoms with Crippen molar-refractivity contribution < 1.29 is 14.3 Å². The summed E-state index contributed by atoms with van der Waals surface area (Å²) in [5, 5.41) is 17.9. The number of carboxylic acids is 1. The van der Waals surface area contributed by atoms with Gasteiger partial charge in [0.05, 0.1) is 5.75 Å². The van der Waals surface area contributed by atoms with E-state index in [1.807, 2.05) is 28.8 Å². The minimum Gasteiger partial charge on any atom is -0.478 e. The summed E-state index contributed by atoms with van der Waals surface area (Å²) in [6.07, 6.45) is 1.88. The number of furan rings is 1. The van der Waals surface area contributed by atoms with Crippen molar-refractivity contribution in [3.05, 3.63) is 47.5 Å². The summed E-state index contributed by atoms with van der Waals surface area (Å²) < 4.78 is 7.30. The number of nitrogens with zero attached hydrogens (tertiary/aromatic N) is 3. The summed E-state index contributed by atoms with van der Waals surface area (Å²) in [4.78, 5) is 10.9. The Morgan fingerprint density at radius 3 is 3.05 bits per heavy atom. The molecule has 0 bridgehead atoms. The van der Waals surface area contributed by atoms with Gasteiger partial charge in [0.2, 0.25) is 0 Å². The maximum atomic E-state index is 10.9. The molecular weight excluding hydrogens is 278 g/mol. The number of thioether (sulfide) groups is 1. The van der Waals surface area contributed by atoms with Gasteiger partial charge in [-0.2, -0.15) is 0 Å². The molecule has 20 heavy (non-hydrogen) atoms. The standard InChI is InChI=1S/C13H11N3O3S/c1-8-10(12(17)18)6-9(19-8)7-20-13-15-14-11-4-2-3-5-16(11)13/h2-6H,7H2,1H3,(H,17,18). The summed E-state index contributed by atoms with van der Waals surface area (Å²) in [5.41, 5.74) is 0.976. The summed E-state index contributed by atoms with van der Waals surface area (Å²) in [7, 11) is 0. The number of carboxylic acid groups (broad SMARTS) is 1. The predicted molar refractivity (Wildman–Crippen MR) is 73.0 cm³/mol. The van der Waals surface area contributed by atoms with E-state index in [1.54, 1.807) is 13.0 Å². The molecule has 3 rings (SSSR count). The molecule has 0 saturated heterocycles. The van der Waals surface area contributed by atoms with Crippen LogP contribution < -0.4 is 0 Å². The summed E-state index contributed by atoms with van der Waals surface area (Å²) in [6.45, 7) is 1.64. The molecule has 3 heterocycles. The van der Waals surface area contributed by atoms with Crippen LogP contribution >= 0.6 is 11.8 Å². The van der Waals surface area contributed by atoms with E-state index in [0.717, 1.165) is 10.8 Å². The number of fused-ring (bicyclic) bond motifs is 1. The lowest BCUT2D eigenvalue weighted by Gasteiger charge is -1.97. The summed E-state index contributed by atoms with van der Waals surface area (Å²) >= 11 is 1.45. The number of hydrogen-bond donors (Lipinski definition) is 1. The Morgan fingerprint density at radius 1 is 1.45 bits per heavy atom. The molecule has 1 N–H and O–H groups in total. The molecule has 0 amide bonds. The maximum absolute atomic E-state index is 10.9. The zero-order valence-electron chi connectivity index (χ0n) is 10.6. The van der Waals surface area contributed by atoms with Crippen molar-refractivity contribution in [3.63, 3.8) is 0 Å². The highest BCUT2D eigenvalue weighted by Gasteiger charge is 2.14. The molecule has 0 aliphatic heterocycles. The fourth-order valence-electron chi connectivity index (χ4n) is 1.88. The zero-order valence-corrected chi connectivity index (χ0v) is 11.4. The van der Waals surface area contributed by atoms with Crippen LogP contribution in [0.4, 0.5) is 0 Å². The van der Waals surface area contributed by atoms with Crippen LogP contribution in [-0.2, 0) is 5.75 Å². The molecule has 0 spiro atoms. The fraction of sp³-hybridized carbons (Fsp3) is 0.154. The number of carbonyl (C=O) groups is 1. The van der Waals surface area contributed by atoms with Gasteiger partial charge >= 0.3 is 5.97 Å². The second kappa shape index (κ2) is 5.01. The lowest BCUT2D eigenvalue weighted by molar-refractivity contribution is 0.0695. The van der Waals surface area contributed by atoms with Crippen LogP contribution in [0, 0.1) is 6.92 Å². The average molecular weight is 289 g/mol. The van der Waals surface area contributed by atoms with Gasteiger partial charge in [-0.15, -0.1) is 10.2 Å². The Labute approximate surface area is 118 Å². The van der Waals surface area contributed by atoms with E-state index in [2.05, 4.69) is 10.2 Å². The van der Waals surface area contributed by atoms with Gasteiger partial charge in [-0.25, -0.2) is 4.79 Å². The molecule has 3 aromatic rings. The van der Waals surface area contributed by atoms with Crippen molar-refractivity contribution in [2.75, 3.05) is 0 Å². The highest BCUT2D eigenvalue weighted by molar-refractivity contribution is 7.98. The number of rotatable bonds is 4. The van der Waals surface area contributed by atoms with Crippen molar-refractivity contribution in [2.24, 2.45) is 0 Å². The predicted octanol–water partition coefficient (Wildman–Crippen LogP) is 2.62. The van der Waals surface area contributed by atoms with Gasteiger partial charge in [-0.1, -0.05) is 17.8 Å². The highest BCUT2D eigenvalue weighted by Crippen LogP contribution is 2.24. The van der Waals surface area contributed by atoms with Gasteiger partial charge in [-0.3, -0.25) is 4.40 Å². The molecule has 0 unspecified atom stereocenters. The first kappa shape index (κ1) is 12.7. The van der Waals surface area contributed by atoms with E-state index in [0.29, 0.717) is 17.3 Å². The van der Waals surface area contributed by atoms with Crippen molar-refractivity contribution in [1.82, 2.24) is 14.6 Å². The van der Waals surface area contributed by atoms with Crippen LogP contribution in [0.1, 0.15) is 21.9 Å². The number of pyridine rings is 1. The second-order valence-corrected chi connectivity index (χ2v) is 5.13. The lowest BCUT2D eigenvalue weighted by atomic mass is 10.2. The van der Waals surface area contributed by atoms with Gasteiger partial charge in [0, 0.05) is 6.20 Å². The normalized spacial score (nSPS) is 11.1. The van der Waals surface area contributed by atoms with Gasteiger partial charge < -0.3 is 9.52 Å². The molecule has 0 saturated carbocycles. The molecule has 0 aliphatic rings. The monoisotopic (exact) mass is 289 g/mol. The van der Waals surface area contributed by atoms with Crippen molar-refractivity contribution in [2.45, 2.75) is 17.8 Å². The van der Waals surface area contributed by atoms with Gasteiger partial charge in [0.15, 0.2) is 10.8 Å². The smallest absolute Gasteiger partial charge is 0.339 e. The quantitative estimate of drug-likeness (QED) is 0.744. The number of aryl methyl sites for hydroxylation is 1. The first-order chi connectivity index (χ1) is 9.65. The minimum absolute atomic E-state index is 0.201. The SMILES string of the molecule is Cc1oc(CSc2nnc3ccccn23)cc1C(=O)O. The third kappa shape index (κ3) is 2.27. The van der Waals surface area contributed by atoms with E-state index < -0.39 is 5.97 Å². The molecule has 0 aliphatic carbocycles. The fourth-order valence-corrected chi connectivity index (χ4v) is 2.69.